The molecule has 0 aromatic heterocycles. The Morgan fingerprint density at radius 2 is 1.64 bits per heavy atom. The number of thioether (sulfide) groups is 1. The summed E-state index contributed by atoms with van der Waals surface area (Å²) >= 11 is 1.45. The number of benzene rings is 2. The molecule has 5 heteroatoms. The Morgan fingerprint density at radius 1 is 0.964 bits per heavy atom. The molecular formula is C23H25NO3S. The van der Waals surface area contributed by atoms with Gasteiger partial charge >= 0.3 is 0 Å². The van der Waals surface area contributed by atoms with E-state index in [9.17, 15) is 9.59 Å². The van der Waals surface area contributed by atoms with E-state index in [1.54, 1.807) is 7.11 Å². The van der Waals surface area contributed by atoms with Gasteiger partial charge in [-0.2, -0.15) is 0 Å². The van der Waals surface area contributed by atoms with Gasteiger partial charge in [0, 0.05) is 5.25 Å². The standard InChI is InChI=1S/C23H25NO3S/c1-14(2)28-21-20(18-9-6-15(3)16(4)12-18)22(25)24(23(21)26)13-17-7-10-19(27-5)11-8-17/h6-12,14H,13H2,1-5H3. The summed E-state index contributed by atoms with van der Waals surface area (Å²) in [6, 6.07) is 13.3. The molecule has 0 atom stereocenters. The number of imide groups is 1. The van der Waals surface area contributed by atoms with E-state index in [1.165, 1.54) is 16.7 Å². The SMILES string of the molecule is COc1ccc(CN2C(=O)C(SC(C)C)=C(c3ccc(C)c(C)c3)C2=O)cc1. The predicted octanol–water partition coefficient (Wildman–Crippen LogP) is 4.73. The predicted molar refractivity (Wildman–Crippen MR) is 114 cm³/mol. The first kappa shape index (κ1) is 20.2. The molecule has 146 valence electrons. The molecule has 1 heterocycles. The zero-order chi connectivity index (χ0) is 20.4. The lowest BCUT2D eigenvalue weighted by atomic mass is 10.0. The molecular weight excluding hydrogens is 370 g/mol. The molecule has 0 saturated carbocycles. The number of hydrogen-bond acceptors (Lipinski definition) is 4. The highest BCUT2D eigenvalue weighted by Crippen LogP contribution is 2.39. The Bertz CT molecular complexity index is 945. The van der Waals surface area contributed by atoms with Gasteiger partial charge < -0.3 is 4.74 Å². The maximum Gasteiger partial charge on any atom is 0.268 e. The molecule has 4 nitrogen and oxygen atoms in total. The van der Waals surface area contributed by atoms with E-state index in [2.05, 4.69) is 0 Å². The van der Waals surface area contributed by atoms with E-state index in [0.717, 1.165) is 28.0 Å². The highest BCUT2D eigenvalue weighted by molar-refractivity contribution is 8.04. The second kappa shape index (κ2) is 8.23. The minimum Gasteiger partial charge on any atom is -0.497 e. The number of nitrogens with zero attached hydrogens (tertiary/aromatic N) is 1. The van der Waals surface area contributed by atoms with Gasteiger partial charge in [-0.25, -0.2) is 0 Å². The van der Waals surface area contributed by atoms with Crippen LogP contribution in [0.3, 0.4) is 0 Å². The third-order valence-electron chi connectivity index (χ3n) is 4.77. The molecule has 0 saturated heterocycles. The summed E-state index contributed by atoms with van der Waals surface area (Å²) in [5.74, 6) is 0.299. The molecule has 0 spiro atoms. The van der Waals surface area contributed by atoms with Crippen LogP contribution in [-0.4, -0.2) is 29.1 Å². The molecule has 0 bridgehead atoms. The Labute approximate surface area is 170 Å². The van der Waals surface area contributed by atoms with Crippen LogP contribution >= 0.6 is 11.8 Å². The fourth-order valence-electron chi connectivity index (χ4n) is 3.11. The van der Waals surface area contributed by atoms with E-state index in [0.29, 0.717) is 10.5 Å². The Kier molecular flexibility index (Phi) is 5.94. The molecule has 0 fully saturated rings. The largest absolute Gasteiger partial charge is 0.497 e. The van der Waals surface area contributed by atoms with Crippen LogP contribution in [0.2, 0.25) is 0 Å². The first-order valence-electron chi connectivity index (χ1n) is 9.29. The van der Waals surface area contributed by atoms with Crippen molar-refractivity contribution < 1.29 is 14.3 Å². The van der Waals surface area contributed by atoms with Crippen LogP contribution in [0.4, 0.5) is 0 Å². The average molecular weight is 396 g/mol. The van der Waals surface area contributed by atoms with Crippen molar-refractivity contribution in [3.63, 3.8) is 0 Å². The molecule has 0 radical (unpaired) electrons. The van der Waals surface area contributed by atoms with Gasteiger partial charge in [-0.05, 0) is 48.2 Å². The van der Waals surface area contributed by atoms with Crippen molar-refractivity contribution in [2.45, 2.75) is 39.5 Å². The van der Waals surface area contributed by atoms with Crippen LogP contribution in [0, 0.1) is 13.8 Å². The van der Waals surface area contributed by atoms with Crippen LogP contribution in [0.1, 0.15) is 36.1 Å². The van der Waals surface area contributed by atoms with Gasteiger partial charge in [-0.3, -0.25) is 14.5 Å². The maximum absolute atomic E-state index is 13.2. The molecule has 1 aliphatic rings. The Balaban J connectivity index is 1.97. The minimum atomic E-state index is -0.229. The second-order valence-electron chi connectivity index (χ2n) is 7.21. The van der Waals surface area contributed by atoms with Crippen LogP contribution < -0.4 is 4.74 Å². The van der Waals surface area contributed by atoms with Gasteiger partial charge in [-0.15, -0.1) is 11.8 Å². The van der Waals surface area contributed by atoms with E-state index in [4.69, 9.17) is 4.74 Å². The molecule has 0 aliphatic carbocycles. The Morgan fingerprint density at radius 3 is 2.21 bits per heavy atom. The van der Waals surface area contributed by atoms with Gasteiger partial charge in [-0.1, -0.05) is 44.2 Å². The number of hydrogen-bond donors (Lipinski definition) is 0. The number of carbonyl (C=O) groups excluding carboxylic acids is 2. The number of ether oxygens (including phenoxy) is 1. The zero-order valence-electron chi connectivity index (χ0n) is 16.9. The molecule has 3 rings (SSSR count). The monoisotopic (exact) mass is 395 g/mol. The van der Waals surface area contributed by atoms with Crippen molar-refractivity contribution >= 4 is 29.1 Å². The molecule has 1 aliphatic heterocycles. The van der Waals surface area contributed by atoms with Gasteiger partial charge in [0.2, 0.25) is 0 Å². The third kappa shape index (κ3) is 3.99. The van der Waals surface area contributed by atoms with E-state index in [1.807, 2.05) is 70.2 Å². The summed E-state index contributed by atoms with van der Waals surface area (Å²) in [6.45, 7) is 8.36. The number of amides is 2. The number of aryl methyl sites for hydroxylation is 2. The molecule has 2 aromatic carbocycles. The fraction of sp³-hybridized carbons (Fsp3) is 0.304. The minimum absolute atomic E-state index is 0.203. The molecule has 0 unspecified atom stereocenters. The normalized spacial score (nSPS) is 14.4. The summed E-state index contributed by atoms with van der Waals surface area (Å²) < 4.78 is 5.18. The highest BCUT2D eigenvalue weighted by atomic mass is 32.2. The summed E-state index contributed by atoms with van der Waals surface area (Å²) in [5.41, 5.74) is 4.47. The topological polar surface area (TPSA) is 46.6 Å². The van der Waals surface area contributed by atoms with Crippen LogP contribution in [0.25, 0.3) is 5.57 Å². The van der Waals surface area contributed by atoms with E-state index < -0.39 is 0 Å². The van der Waals surface area contributed by atoms with Crippen molar-refractivity contribution in [2.75, 3.05) is 7.11 Å². The van der Waals surface area contributed by atoms with Gasteiger partial charge in [0.15, 0.2) is 0 Å². The number of carbonyl (C=O) groups is 2. The molecule has 28 heavy (non-hydrogen) atoms. The average Bonchev–Trinajstić information content (AvgIpc) is 2.88. The fourth-order valence-corrected chi connectivity index (χ4v) is 4.11. The summed E-state index contributed by atoms with van der Waals surface area (Å²) in [4.78, 5) is 28.2. The van der Waals surface area contributed by atoms with Crippen molar-refractivity contribution in [1.82, 2.24) is 4.90 Å². The zero-order valence-corrected chi connectivity index (χ0v) is 17.7. The lowest BCUT2D eigenvalue weighted by molar-refractivity contribution is -0.137. The van der Waals surface area contributed by atoms with Gasteiger partial charge in [0.05, 0.1) is 24.1 Å². The summed E-state index contributed by atoms with van der Waals surface area (Å²) in [7, 11) is 1.61. The smallest absolute Gasteiger partial charge is 0.268 e. The van der Waals surface area contributed by atoms with Gasteiger partial charge in [0.25, 0.3) is 11.8 Å². The van der Waals surface area contributed by atoms with Crippen molar-refractivity contribution in [3.8, 4) is 5.75 Å². The quantitative estimate of drug-likeness (QED) is 0.663. The van der Waals surface area contributed by atoms with Crippen LogP contribution in [-0.2, 0) is 16.1 Å². The lowest BCUT2D eigenvalue weighted by Gasteiger charge is -2.16. The molecule has 2 amide bonds. The summed E-state index contributed by atoms with van der Waals surface area (Å²) in [6.07, 6.45) is 0. The van der Waals surface area contributed by atoms with Crippen LogP contribution in [0.5, 0.6) is 5.75 Å². The highest BCUT2D eigenvalue weighted by Gasteiger charge is 2.39. The molecule has 0 N–H and O–H groups in total. The first-order valence-corrected chi connectivity index (χ1v) is 10.2. The second-order valence-corrected chi connectivity index (χ2v) is 8.80. The maximum atomic E-state index is 13.2. The number of methoxy groups -OCH3 is 1. The third-order valence-corrected chi connectivity index (χ3v) is 5.86. The van der Waals surface area contributed by atoms with E-state index in [-0.39, 0.29) is 23.6 Å². The van der Waals surface area contributed by atoms with Gasteiger partial charge in [0.1, 0.15) is 5.75 Å². The van der Waals surface area contributed by atoms with Crippen molar-refractivity contribution in [1.29, 1.82) is 0 Å². The summed E-state index contributed by atoms with van der Waals surface area (Å²) in [5, 5.41) is 0.203. The van der Waals surface area contributed by atoms with Crippen molar-refractivity contribution in [3.05, 3.63) is 69.6 Å². The number of rotatable bonds is 6. The molecule has 2 aromatic rings. The van der Waals surface area contributed by atoms with E-state index >= 15 is 0 Å². The van der Waals surface area contributed by atoms with Crippen LogP contribution in [0.15, 0.2) is 47.4 Å². The first-order chi connectivity index (χ1) is 13.3. The lowest BCUT2D eigenvalue weighted by Crippen LogP contribution is -2.31. The Hall–Kier alpha value is -2.53. The van der Waals surface area contributed by atoms with Crippen molar-refractivity contribution in [2.24, 2.45) is 0 Å².